The van der Waals surface area contributed by atoms with Crippen molar-refractivity contribution in [1.29, 1.82) is 0 Å². The van der Waals surface area contributed by atoms with E-state index in [9.17, 15) is 14.7 Å². The molecular weight excluding hydrogens is 476 g/mol. The Morgan fingerprint density at radius 1 is 1.17 bits per heavy atom. The Kier molecular flexibility index (Phi) is 8.25. The van der Waals surface area contributed by atoms with Gasteiger partial charge in [-0.15, -0.1) is 0 Å². The quantitative estimate of drug-likeness (QED) is 0.364. The van der Waals surface area contributed by atoms with E-state index in [2.05, 4.69) is 54.7 Å². The van der Waals surface area contributed by atoms with Crippen LogP contribution in [0.1, 0.15) is 58.3 Å². The van der Waals surface area contributed by atoms with Crippen LogP contribution < -0.4 is 14.1 Å². The number of nitrogens with zero attached hydrogens (tertiary/aromatic N) is 2. The third-order valence-electron chi connectivity index (χ3n) is 7.45. The summed E-state index contributed by atoms with van der Waals surface area (Å²) in [6.45, 7) is 20.9. The molecule has 198 valence electrons. The predicted molar refractivity (Wildman–Crippen MR) is 143 cm³/mol. The Morgan fingerprint density at radius 2 is 1.78 bits per heavy atom. The molecule has 0 bridgehead atoms. The van der Waals surface area contributed by atoms with Crippen molar-refractivity contribution in [3.63, 3.8) is 0 Å². The zero-order chi connectivity index (χ0) is 26.9. The van der Waals surface area contributed by atoms with Gasteiger partial charge in [0, 0.05) is 12.6 Å². The number of ether oxygens (including phenoxy) is 2. The Hall–Kier alpha value is -2.78. The lowest BCUT2D eigenvalue weighted by Gasteiger charge is -2.42. The largest absolute Gasteiger partial charge is 0.540 e. The van der Waals surface area contributed by atoms with Crippen molar-refractivity contribution >= 4 is 26.0 Å². The number of anilines is 1. The summed E-state index contributed by atoms with van der Waals surface area (Å²) in [5, 5.41) is 11.4. The molecule has 36 heavy (non-hydrogen) atoms. The lowest BCUT2D eigenvalue weighted by Crippen LogP contribution is -2.51. The molecule has 8 nitrogen and oxygen atoms in total. The summed E-state index contributed by atoms with van der Waals surface area (Å²) in [6.07, 6.45) is -0.257. The molecule has 2 aliphatic rings. The molecule has 3 rings (SSSR count). The first-order valence-electron chi connectivity index (χ1n) is 12.5. The van der Waals surface area contributed by atoms with Crippen molar-refractivity contribution in [2.75, 3.05) is 25.2 Å². The molecule has 1 aromatic carbocycles. The first kappa shape index (κ1) is 27.8. The second-order valence-corrected chi connectivity index (χ2v) is 15.9. The number of hydrogen-bond donors (Lipinski definition) is 1. The topological polar surface area (TPSA) is 88.5 Å². The van der Waals surface area contributed by atoms with Crippen molar-refractivity contribution in [2.24, 2.45) is 0 Å². The lowest BCUT2D eigenvalue weighted by molar-refractivity contribution is 0.0496. The minimum atomic E-state index is -2.41. The monoisotopic (exact) mass is 516 g/mol. The molecule has 2 aliphatic heterocycles. The molecule has 1 aromatic rings. The Labute approximate surface area is 215 Å². The molecule has 9 heteroatoms. The molecule has 2 heterocycles. The van der Waals surface area contributed by atoms with Gasteiger partial charge in [0.25, 0.3) is 14.2 Å². The van der Waals surface area contributed by atoms with Crippen LogP contribution in [0, 0.1) is 0 Å². The number of fused-ring (bicyclic) bond motifs is 2. The SMILES string of the molecule is C=CCOC(=O)N1c2cc(O[Si](C(C)C)(C(C)C)C(C)C)c(OC)cc2C(=O)N2CC(=C)C[C@H]2C1O. The second-order valence-electron chi connectivity index (χ2n) is 10.5. The van der Waals surface area contributed by atoms with E-state index in [0.717, 1.165) is 10.5 Å². The first-order chi connectivity index (χ1) is 16.9. The van der Waals surface area contributed by atoms with Gasteiger partial charge in [0.1, 0.15) is 12.4 Å². The average Bonchev–Trinajstić information content (AvgIpc) is 3.18. The number of aliphatic hydroxyl groups excluding tert-OH is 1. The van der Waals surface area contributed by atoms with Crippen molar-refractivity contribution < 1.29 is 28.6 Å². The van der Waals surface area contributed by atoms with Crippen molar-refractivity contribution in [3.8, 4) is 11.5 Å². The van der Waals surface area contributed by atoms with Crippen LogP contribution in [0.25, 0.3) is 0 Å². The summed E-state index contributed by atoms with van der Waals surface area (Å²) in [6, 6.07) is 2.62. The normalized spacial score (nSPS) is 20.0. The Bertz CT molecular complexity index is 1020. The van der Waals surface area contributed by atoms with E-state index >= 15 is 0 Å². The number of aliphatic hydroxyl groups is 1. The van der Waals surface area contributed by atoms with E-state index < -0.39 is 26.7 Å². The van der Waals surface area contributed by atoms with Gasteiger partial charge in [0.15, 0.2) is 12.0 Å². The molecule has 0 spiro atoms. The van der Waals surface area contributed by atoms with Crippen LogP contribution in [-0.4, -0.2) is 62.9 Å². The highest BCUT2D eigenvalue weighted by Crippen LogP contribution is 2.47. The van der Waals surface area contributed by atoms with Gasteiger partial charge in [-0.3, -0.25) is 4.79 Å². The summed E-state index contributed by atoms with van der Waals surface area (Å²) in [5.41, 5.74) is 2.15. The third-order valence-corrected chi connectivity index (χ3v) is 13.4. The van der Waals surface area contributed by atoms with E-state index in [0.29, 0.717) is 41.1 Å². The first-order valence-corrected chi connectivity index (χ1v) is 14.7. The molecule has 0 aromatic heterocycles. The van der Waals surface area contributed by atoms with Crippen LogP contribution in [0.2, 0.25) is 16.6 Å². The fraction of sp³-hybridized carbons (Fsp3) is 0.556. The van der Waals surface area contributed by atoms with Crippen molar-refractivity contribution in [2.45, 2.75) is 76.9 Å². The molecule has 0 radical (unpaired) electrons. The van der Waals surface area contributed by atoms with Gasteiger partial charge in [0.05, 0.1) is 24.4 Å². The van der Waals surface area contributed by atoms with Crippen molar-refractivity contribution in [3.05, 3.63) is 42.5 Å². The summed E-state index contributed by atoms with van der Waals surface area (Å²) in [4.78, 5) is 29.6. The van der Waals surface area contributed by atoms with E-state index in [-0.39, 0.29) is 23.8 Å². The lowest BCUT2D eigenvalue weighted by atomic mass is 10.1. The van der Waals surface area contributed by atoms with Gasteiger partial charge in [0.2, 0.25) is 0 Å². The molecule has 1 fully saturated rings. The Balaban J connectivity index is 2.24. The second kappa shape index (κ2) is 10.7. The van der Waals surface area contributed by atoms with Gasteiger partial charge in [-0.2, -0.15) is 0 Å². The van der Waals surface area contributed by atoms with E-state index in [4.69, 9.17) is 13.9 Å². The highest BCUT2D eigenvalue weighted by Gasteiger charge is 2.49. The number of hydrogen-bond acceptors (Lipinski definition) is 6. The molecule has 2 amide bonds. The summed E-state index contributed by atoms with van der Waals surface area (Å²) in [5.74, 6) is 0.551. The highest BCUT2D eigenvalue weighted by atomic mass is 28.4. The number of methoxy groups -OCH3 is 1. The van der Waals surface area contributed by atoms with E-state index in [1.807, 2.05) is 0 Å². The zero-order valence-electron chi connectivity index (χ0n) is 22.5. The fourth-order valence-electron chi connectivity index (χ4n) is 5.90. The maximum Gasteiger partial charge on any atom is 0.416 e. The molecule has 1 unspecified atom stereocenters. The fourth-order valence-corrected chi connectivity index (χ4v) is 11.1. The Morgan fingerprint density at radius 3 is 2.31 bits per heavy atom. The van der Waals surface area contributed by atoms with Gasteiger partial charge < -0.3 is 23.9 Å². The van der Waals surface area contributed by atoms with Gasteiger partial charge >= 0.3 is 6.09 Å². The van der Waals surface area contributed by atoms with Crippen molar-refractivity contribution in [1.82, 2.24) is 4.90 Å². The molecule has 1 N–H and O–H groups in total. The maximum absolute atomic E-state index is 13.7. The van der Waals surface area contributed by atoms with Crippen LogP contribution in [0.15, 0.2) is 36.9 Å². The van der Waals surface area contributed by atoms with E-state index in [1.54, 1.807) is 17.0 Å². The minimum absolute atomic E-state index is 0.0317. The maximum atomic E-state index is 13.7. The smallest absolute Gasteiger partial charge is 0.416 e. The van der Waals surface area contributed by atoms with Crippen LogP contribution in [0.3, 0.4) is 0 Å². The number of benzene rings is 1. The highest BCUT2D eigenvalue weighted by molar-refractivity contribution is 6.78. The van der Waals surface area contributed by atoms with Gasteiger partial charge in [-0.05, 0) is 29.1 Å². The number of carbonyl (C=O) groups is 2. The zero-order valence-corrected chi connectivity index (χ0v) is 23.5. The van der Waals surface area contributed by atoms with Gasteiger partial charge in [-0.1, -0.05) is 66.3 Å². The number of carbonyl (C=O) groups excluding carboxylic acids is 2. The molecule has 1 saturated heterocycles. The standard InChI is InChI=1S/C27H40N2O6Si/c1-10-11-34-27(32)29-21-14-24(35-36(16(2)3,17(4)5)18(6)7)23(33-9)13-20(21)25(30)28-15-19(8)12-22(28)26(29)31/h10,13-14,16-18,22,26,31H,1,8,11-12,15H2,2-7,9H3/t22-,26?/m0/s1. The average molecular weight is 517 g/mol. The van der Waals surface area contributed by atoms with Gasteiger partial charge in [-0.25, -0.2) is 9.69 Å². The number of amides is 2. The summed E-state index contributed by atoms with van der Waals surface area (Å²) >= 11 is 0. The molecular formula is C27H40N2O6Si. The van der Waals surface area contributed by atoms with E-state index in [1.165, 1.54) is 13.2 Å². The van der Waals surface area contributed by atoms with Crippen LogP contribution >= 0.6 is 0 Å². The predicted octanol–water partition coefficient (Wildman–Crippen LogP) is 5.48. The molecule has 0 aliphatic carbocycles. The summed E-state index contributed by atoms with van der Waals surface area (Å²) in [7, 11) is -0.875. The minimum Gasteiger partial charge on any atom is -0.540 e. The summed E-state index contributed by atoms with van der Waals surface area (Å²) < 4.78 is 17.9. The van der Waals surface area contributed by atoms with Crippen LogP contribution in [0.5, 0.6) is 11.5 Å². The van der Waals surface area contributed by atoms with Crippen LogP contribution in [0.4, 0.5) is 10.5 Å². The third kappa shape index (κ3) is 4.66. The molecule has 0 saturated carbocycles. The molecule has 2 atom stereocenters. The number of rotatable bonds is 8. The van der Waals surface area contributed by atoms with Crippen LogP contribution in [-0.2, 0) is 4.74 Å².